The topological polar surface area (TPSA) is 63.6 Å². The number of hydrogen-bond donors (Lipinski definition) is 1. The number of allylic oxidation sites excluding steroid dienone is 2. The van der Waals surface area contributed by atoms with Crippen LogP contribution in [0.15, 0.2) is 23.3 Å². The third-order valence-corrected chi connectivity index (χ3v) is 6.12. The van der Waals surface area contributed by atoms with Gasteiger partial charge in [0.1, 0.15) is 6.10 Å². The minimum Gasteiger partial charge on any atom is -0.458 e. The number of hydrogen-bond acceptors (Lipinski definition) is 4. The first-order chi connectivity index (χ1) is 11.1. The Kier molecular flexibility index (Phi) is 5.10. The summed E-state index contributed by atoms with van der Waals surface area (Å²) in [6, 6.07) is 0. The number of rotatable bonds is 3. The molecule has 0 aromatic rings. The number of fused-ring (bicyclic) bond motifs is 1. The highest BCUT2D eigenvalue weighted by Crippen LogP contribution is 2.56. The number of esters is 1. The van der Waals surface area contributed by atoms with Crippen molar-refractivity contribution in [1.29, 1.82) is 0 Å². The van der Waals surface area contributed by atoms with Crippen molar-refractivity contribution in [2.45, 2.75) is 72.5 Å². The zero-order valence-electron chi connectivity index (χ0n) is 15.7. The van der Waals surface area contributed by atoms with Gasteiger partial charge >= 0.3 is 5.97 Å². The van der Waals surface area contributed by atoms with E-state index in [1.54, 1.807) is 26.0 Å². The molecule has 1 N–H and O–H groups in total. The summed E-state index contributed by atoms with van der Waals surface area (Å²) in [5, 5.41) is 11.4. The Morgan fingerprint density at radius 2 is 2.04 bits per heavy atom. The highest BCUT2D eigenvalue weighted by atomic mass is 16.5. The van der Waals surface area contributed by atoms with Crippen LogP contribution in [0.5, 0.6) is 0 Å². The van der Waals surface area contributed by atoms with E-state index in [-0.39, 0.29) is 23.6 Å². The second kappa shape index (κ2) is 6.47. The molecule has 0 saturated heterocycles. The molecule has 0 aliphatic heterocycles. The summed E-state index contributed by atoms with van der Waals surface area (Å²) in [4.78, 5) is 25.2. The maximum absolute atomic E-state index is 12.8. The van der Waals surface area contributed by atoms with Gasteiger partial charge in [-0.2, -0.15) is 0 Å². The van der Waals surface area contributed by atoms with Gasteiger partial charge in [0.15, 0.2) is 5.78 Å². The first kappa shape index (κ1) is 18.9. The SMILES string of the molecule is C/C=C(\C)C(=O)O[C@@H]1CC(C)=CC(=O)[C@]2(C)CC[C@](O)(C(C)C)[C@@H]12. The van der Waals surface area contributed by atoms with E-state index >= 15 is 0 Å². The van der Waals surface area contributed by atoms with Gasteiger partial charge in [-0.05, 0) is 45.6 Å². The lowest BCUT2D eigenvalue weighted by Gasteiger charge is -2.42. The number of ketones is 1. The zero-order chi connectivity index (χ0) is 18.3. The predicted octanol–water partition coefficient (Wildman–Crippen LogP) is 3.59. The van der Waals surface area contributed by atoms with Gasteiger partial charge in [-0.15, -0.1) is 0 Å². The molecule has 0 amide bonds. The fourth-order valence-corrected chi connectivity index (χ4v) is 4.32. The van der Waals surface area contributed by atoms with Crippen LogP contribution in [0.2, 0.25) is 0 Å². The summed E-state index contributed by atoms with van der Waals surface area (Å²) in [5.41, 5.74) is -0.249. The fraction of sp³-hybridized carbons (Fsp3) is 0.700. The summed E-state index contributed by atoms with van der Waals surface area (Å²) in [5.74, 6) is -0.729. The molecule has 0 unspecified atom stereocenters. The zero-order valence-corrected chi connectivity index (χ0v) is 15.7. The molecule has 0 spiro atoms. The van der Waals surface area contributed by atoms with Crippen LogP contribution in [0.4, 0.5) is 0 Å². The molecule has 0 heterocycles. The van der Waals surface area contributed by atoms with E-state index in [1.165, 1.54) is 0 Å². The van der Waals surface area contributed by atoms with Crippen molar-refractivity contribution < 1.29 is 19.4 Å². The molecule has 1 fully saturated rings. The minimum atomic E-state index is -1.00. The lowest BCUT2D eigenvalue weighted by Crippen LogP contribution is -2.52. The van der Waals surface area contributed by atoms with E-state index in [4.69, 9.17) is 4.74 Å². The summed E-state index contributed by atoms with van der Waals surface area (Å²) in [7, 11) is 0. The van der Waals surface area contributed by atoms with Crippen LogP contribution in [-0.4, -0.2) is 28.6 Å². The third-order valence-electron chi connectivity index (χ3n) is 6.12. The van der Waals surface area contributed by atoms with E-state index in [1.807, 2.05) is 27.7 Å². The Bertz CT molecular complexity index is 601. The second-order valence-corrected chi connectivity index (χ2v) is 8.02. The van der Waals surface area contributed by atoms with E-state index < -0.39 is 17.1 Å². The van der Waals surface area contributed by atoms with Gasteiger partial charge in [0, 0.05) is 23.3 Å². The van der Waals surface area contributed by atoms with Gasteiger partial charge in [-0.1, -0.05) is 32.4 Å². The highest BCUT2D eigenvalue weighted by molar-refractivity contribution is 5.96. The van der Waals surface area contributed by atoms with Crippen molar-refractivity contribution in [3.8, 4) is 0 Å². The molecule has 2 aliphatic rings. The molecule has 0 aromatic heterocycles. The summed E-state index contributed by atoms with van der Waals surface area (Å²) in [6.07, 6.45) is 4.57. The van der Waals surface area contributed by atoms with E-state index in [0.29, 0.717) is 24.8 Å². The Labute approximate surface area is 145 Å². The first-order valence-corrected chi connectivity index (χ1v) is 8.84. The van der Waals surface area contributed by atoms with Crippen molar-refractivity contribution in [2.75, 3.05) is 0 Å². The van der Waals surface area contributed by atoms with Crippen molar-refractivity contribution in [3.05, 3.63) is 23.3 Å². The smallest absolute Gasteiger partial charge is 0.333 e. The van der Waals surface area contributed by atoms with Gasteiger partial charge in [-0.25, -0.2) is 4.79 Å². The molecule has 4 nitrogen and oxygen atoms in total. The molecule has 0 radical (unpaired) electrons. The summed E-state index contributed by atoms with van der Waals surface area (Å²) < 4.78 is 5.81. The maximum Gasteiger partial charge on any atom is 0.333 e. The van der Waals surface area contributed by atoms with E-state index in [9.17, 15) is 14.7 Å². The van der Waals surface area contributed by atoms with Crippen LogP contribution in [-0.2, 0) is 14.3 Å². The number of aliphatic hydroxyl groups is 1. The molecular formula is C20H30O4. The molecule has 2 aliphatic carbocycles. The Morgan fingerprint density at radius 1 is 1.42 bits per heavy atom. The van der Waals surface area contributed by atoms with Crippen LogP contribution >= 0.6 is 0 Å². The maximum atomic E-state index is 12.8. The van der Waals surface area contributed by atoms with Gasteiger partial charge in [0.25, 0.3) is 0 Å². The molecule has 0 bridgehead atoms. The van der Waals surface area contributed by atoms with E-state index in [2.05, 4.69) is 0 Å². The number of ether oxygens (including phenoxy) is 1. The summed E-state index contributed by atoms with van der Waals surface area (Å²) in [6.45, 7) is 11.3. The molecule has 134 valence electrons. The Morgan fingerprint density at radius 3 is 2.58 bits per heavy atom. The van der Waals surface area contributed by atoms with Crippen LogP contribution in [0.3, 0.4) is 0 Å². The normalized spacial score (nSPS) is 37.1. The third kappa shape index (κ3) is 2.97. The van der Waals surface area contributed by atoms with Gasteiger partial charge in [0.05, 0.1) is 5.60 Å². The van der Waals surface area contributed by atoms with Crippen molar-refractivity contribution in [2.24, 2.45) is 17.3 Å². The van der Waals surface area contributed by atoms with Crippen LogP contribution in [0.1, 0.15) is 60.8 Å². The molecule has 0 aromatic carbocycles. The van der Waals surface area contributed by atoms with E-state index in [0.717, 1.165) is 5.57 Å². The van der Waals surface area contributed by atoms with Crippen LogP contribution in [0.25, 0.3) is 0 Å². The standard InChI is InChI=1S/C20H30O4/c1-7-14(5)18(22)24-15-10-13(4)11-16(21)19(6)8-9-20(23,12(2)3)17(15)19/h7,11-12,15,17,23H,8-10H2,1-6H3/b14-7+/t15-,17+,19+,20+/m1/s1. The predicted molar refractivity (Wildman–Crippen MR) is 93.3 cm³/mol. The Balaban J connectivity index is 2.48. The molecular weight excluding hydrogens is 304 g/mol. The lowest BCUT2D eigenvalue weighted by molar-refractivity contribution is -0.164. The number of carbonyl (C=O) groups is 2. The second-order valence-electron chi connectivity index (χ2n) is 8.02. The van der Waals surface area contributed by atoms with Gasteiger partial charge < -0.3 is 9.84 Å². The fourth-order valence-electron chi connectivity index (χ4n) is 4.32. The highest BCUT2D eigenvalue weighted by Gasteiger charge is 2.62. The monoisotopic (exact) mass is 334 g/mol. The number of carbonyl (C=O) groups excluding carboxylic acids is 2. The average molecular weight is 334 g/mol. The van der Waals surface area contributed by atoms with Gasteiger partial charge in [0.2, 0.25) is 0 Å². The molecule has 24 heavy (non-hydrogen) atoms. The van der Waals surface area contributed by atoms with Crippen LogP contribution in [0, 0.1) is 17.3 Å². The van der Waals surface area contributed by atoms with Crippen molar-refractivity contribution in [1.82, 2.24) is 0 Å². The first-order valence-electron chi connectivity index (χ1n) is 8.84. The van der Waals surface area contributed by atoms with Crippen molar-refractivity contribution in [3.63, 3.8) is 0 Å². The van der Waals surface area contributed by atoms with Crippen LogP contribution < -0.4 is 0 Å². The largest absolute Gasteiger partial charge is 0.458 e. The molecule has 4 heteroatoms. The van der Waals surface area contributed by atoms with Crippen molar-refractivity contribution >= 4 is 11.8 Å². The Hall–Kier alpha value is -1.42. The minimum absolute atomic E-state index is 0.0143. The molecule has 1 saturated carbocycles. The molecule has 4 atom stereocenters. The summed E-state index contributed by atoms with van der Waals surface area (Å²) >= 11 is 0. The quantitative estimate of drug-likeness (QED) is 0.633. The average Bonchev–Trinajstić information content (AvgIpc) is 2.74. The van der Waals surface area contributed by atoms with Gasteiger partial charge in [-0.3, -0.25) is 4.79 Å². The lowest BCUT2D eigenvalue weighted by atomic mass is 9.67. The molecule has 2 rings (SSSR count).